The Bertz CT molecular complexity index is 126. The number of hydrogen-bond donors (Lipinski definition) is 1. The van der Waals surface area contributed by atoms with Crippen molar-refractivity contribution in [3.63, 3.8) is 0 Å². The van der Waals surface area contributed by atoms with Gasteiger partial charge in [-0.2, -0.15) is 0 Å². The number of rotatable bonds is 2. The maximum atomic E-state index is 6.21. The Balaban J connectivity index is 2.53. The van der Waals surface area contributed by atoms with Gasteiger partial charge in [-0.05, 0) is 38.0 Å². The van der Waals surface area contributed by atoms with Crippen LogP contribution in [0.2, 0.25) is 0 Å². The van der Waals surface area contributed by atoms with E-state index in [1.54, 1.807) is 0 Å². The van der Waals surface area contributed by atoms with Gasteiger partial charge in [-0.15, -0.1) is 0 Å². The Kier molecular flexibility index (Phi) is 3.16. The maximum Gasteiger partial charge on any atom is 0.0131 e. The van der Waals surface area contributed by atoms with Gasteiger partial charge in [0.15, 0.2) is 0 Å². The minimum Gasteiger partial charge on any atom is -0.325 e. The van der Waals surface area contributed by atoms with Crippen LogP contribution in [0.3, 0.4) is 0 Å². The molecule has 0 radical (unpaired) electrons. The highest BCUT2D eigenvalue weighted by atomic mass is 14.7. The van der Waals surface area contributed by atoms with Gasteiger partial charge in [0, 0.05) is 5.54 Å². The molecule has 1 saturated carbocycles. The summed E-state index contributed by atoms with van der Waals surface area (Å²) in [5, 5.41) is 0. The van der Waals surface area contributed by atoms with E-state index in [9.17, 15) is 0 Å². The summed E-state index contributed by atoms with van der Waals surface area (Å²) in [6, 6.07) is 0. The third kappa shape index (κ3) is 2.48. The first-order valence-electron chi connectivity index (χ1n) is 5.36. The lowest BCUT2D eigenvalue weighted by Crippen LogP contribution is -2.44. The zero-order chi connectivity index (χ0) is 9.19. The van der Waals surface area contributed by atoms with Crippen LogP contribution in [0.15, 0.2) is 0 Å². The summed E-state index contributed by atoms with van der Waals surface area (Å²) in [5.41, 5.74) is 6.33. The lowest BCUT2D eigenvalue weighted by molar-refractivity contribution is 0.169. The minimum absolute atomic E-state index is 0.125. The zero-order valence-electron chi connectivity index (χ0n) is 8.77. The predicted molar refractivity (Wildman–Crippen MR) is 54.0 cm³/mol. The molecule has 2 atom stereocenters. The highest BCUT2D eigenvalue weighted by molar-refractivity contribution is 4.89. The van der Waals surface area contributed by atoms with Gasteiger partial charge in [0.25, 0.3) is 0 Å². The Morgan fingerprint density at radius 1 is 1.17 bits per heavy atom. The molecule has 1 rings (SSSR count). The van der Waals surface area contributed by atoms with Crippen LogP contribution in [0.5, 0.6) is 0 Å². The third-order valence-corrected chi connectivity index (χ3v) is 3.33. The van der Waals surface area contributed by atoms with Gasteiger partial charge in [0.2, 0.25) is 0 Å². The van der Waals surface area contributed by atoms with Gasteiger partial charge in [-0.1, -0.05) is 26.7 Å². The molecule has 0 aromatic rings. The highest BCUT2D eigenvalue weighted by Crippen LogP contribution is 2.37. The largest absolute Gasteiger partial charge is 0.325 e. The molecule has 1 nitrogen and oxygen atoms in total. The molecule has 1 heteroatoms. The van der Waals surface area contributed by atoms with Crippen molar-refractivity contribution in [2.24, 2.45) is 17.6 Å². The molecule has 1 aliphatic carbocycles. The van der Waals surface area contributed by atoms with Crippen molar-refractivity contribution in [1.29, 1.82) is 0 Å². The molecule has 0 amide bonds. The van der Waals surface area contributed by atoms with E-state index in [1.807, 2.05) is 0 Å². The molecule has 0 aliphatic heterocycles. The summed E-state index contributed by atoms with van der Waals surface area (Å²) in [5.74, 6) is 1.78. The van der Waals surface area contributed by atoms with E-state index in [2.05, 4.69) is 20.8 Å². The number of hydrogen-bond acceptors (Lipinski definition) is 1. The van der Waals surface area contributed by atoms with E-state index < -0.39 is 0 Å². The second-order valence-electron chi connectivity index (χ2n) is 4.85. The van der Waals surface area contributed by atoms with Crippen LogP contribution in [-0.2, 0) is 0 Å². The fraction of sp³-hybridized carbons (Fsp3) is 1.00. The summed E-state index contributed by atoms with van der Waals surface area (Å²) in [6.45, 7) is 6.80. The third-order valence-electron chi connectivity index (χ3n) is 3.33. The molecule has 0 heterocycles. The second-order valence-corrected chi connectivity index (χ2v) is 4.85. The molecular formula is C11H23N. The molecule has 0 bridgehead atoms. The molecule has 72 valence electrons. The molecule has 2 unspecified atom stereocenters. The molecular weight excluding hydrogens is 146 g/mol. The first kappa shape index (κ1) is 10.0. The van der Waals surface area contributed by atoms with E-state index >= 15 is 0 Å². The molecule has 2 N–H and O–H groups in total. The van der Waals surface area contributed by atoms with E-state index in [0.29, 0.717) is 0 Å². The van der Waals surface area contributed by atoms with Gasteiger partial charge >= 0.3 is 0 Å². The molecule has 1 aliphatic rings. The van der Waals surface area contributed by atoms with Crippen molar-refractivity contribution in [3.8, 4) is 0 Å². The normalized spacial score (nSPS) is 43.0. The second kappa shape index (κ2) is 3.78. The topological polar surface area (TPSA) is 26.0 Å². The molecule has 0 aromatic carbocycles. The van der Waals surface area contributed by atoms with Crippen LogP contribution in [0.4, 0.5) is 0 Å². The fourth-order valence-electron chi connectivity index (χ4n) is 2.66. The first-order valence-corrected chi connectivity index (χ1v) is 5.36. The number of nitrogens with two attached hydrogens (primary N) is 1. The summed E-state index contributed by atoms with van der Waals surface area (Å²) in [4.78, 5) is 0. The van der Waals surface area contributed by atoms with Gasteiger partial charge in [0.1, 0.15) is 0 Å². The van der Waals surface area contributed by atoms with Gasteiger partial charge in [0.05, 0.1) is 0 Å². The van der Waals surface area contributed by atoms with Crippen LogP contribution in [-0.4, -0.2) is 5.54 Å². The van der Waals surface area contributed by atoms with Crippen LogP contribution in [0.25, 0.3) is 0 Å². The summed E-state index contributed by atoms with van der Waals surface area (Å²) >= 11 is 0. The standard InChI is InChI=1S/C11H23N/c1-4-9-6-10(5-2)8-11(3,12)7-9/h9-10H,4-8,12H2,1-3H3. The Hall–Kier alpha value is -0.0400. The molecule has 12 heavy (non-hydrogen) atoms. The summed E-state index contributed by atoms with van der Waals surface area (Å²) < 4.78 is 0. The van der Waals surface area contributed by atoms with E-state index in [-0.39, 0.29) is 5.54 Å². The quantitative estimate of drug-likeness (QED) is 0.675. The molecule has 0 saturated heterocycles. The lowest BCUT2D eigenvalue weighted by Gasteiger charge is -2.39. The van der Waals surface area contributed by atoms with Crippen LogP contribution < -0.4 is 5.73 Å². The Morgan fingerprint density at radius 2 is 1.58 bits per heavy atom. The van der Waals surface area contributed by atoms with Crippen molar-refractivity contribution < 1.29 is 0 Å². The van der Waals surface area contributed by atoms with Crippen molar-refractivity contribution >= 4 is 0 Å². The zero-order valence-corrected chi connectivity index (χ0v) is 8.77. The smallest absolute Gasteiger partial charge is 0.0131 e. The average molecular weight is 169 g/mol. The van der Waals surface area contributed by atoms with Crippen molar-refractivity contribution in [1.82, 2.24) is 0 Å². The first-order chi connectivity index (χ1) is 5.57. The maximum absolute atomic E-state index is 6.21. The lowest BCUT2D eigenvalue weighted by atomic mass is 9.70. The van der Waals surface area contributed by atoms with Crippen LogP contribution in [0.1, 0.15) is 52.9 Å². The van der Waals surface area contributed by atoms with Gasteiger partial charge in [-0.25, -0.2) is 0 Å². The molecule has 1 fully saturated rings. The SMILES string of the molecule is CCC1CC(CC)CC(C)(N)C1. The van der Waals surface area contributed by atoms with Crippen molar-refractivity contribution in [3.05, 3.63) is 0 Å². The monoisotopic (exact) mass is 169 g/mol. The molecule has 0 spiro atoms. The minimum atomic E-state index is 0.125. The van der Waals surface area contributed by atoms with E-state index in [0.717, 1.165) is 11.8 Å². The van der Waals surface area contributed by atoms with Crippen molar-refractivity contribution in [2.45, 2.75) is 58.4 Å². The van der Waals surface area contributed by atoms with Gasteiger partial charge in [-0.3, -0.25) is 0 Å². The highest BCUT2D eigenvalue weighted by Gasteiger charge is 2.32. The summed E-state index contributed by atoms with van der Waals surface area (Å²) in [6.07, 6.45) is 6.51. The van der Waals surface area contributed by atoms with Gasteiger partial charge < -0.3 is 5.73 Å². The van der Waals surface area contributed by atoms with E-state index in [1.165, 1.54) is 32.1 Å². The predicted octanol–water partition coefficient (Wildman–Crippen LogP) is 2.94. The van der Waals surface area contributed by atoms with Crippen LogP contribution in [0, 0.1) is 11.8 Å². The van der Waals surface area contributed by atoms with Crippen molar-refractivity contribution in [2.75, 3.05) is 0 Å². The average Bonchev–Trinajstić information content (AvgIpc) is 2.01. The van der Waals surface area contributed by atoms with Crippen LogP contribution >= 0.6 is 0 Å². The Labute approximate surface area is 76.7 Å². The van der Waals surface area contributed by atoms with E-state index in [4.69, 9.17) is 5.73 Å². The molecule has 0 aromatic heterocycles. The fourth-order valence-corrected chi connectivity index (χ4v) is 2.66. The summed E-state index contributed by atoms with van der Waals surface area (Å²) in [7, 11) is 0. The Morgan fingerprint density at radius 3 is 1.92 bits per heavy atom.